The number of benzene rings is 1. The predicted octanol–water partition coefficient (Wildman–Crippen LogP) is 2.87. The van der Waals surface area contributed by atoms with Gasteiger partial charge in [-0.1, -0.05) is 30.3 Å². The maximum absolute atomic E-state index is 13.1. The largest absolute Gasteiger partial charge is 0.356 e. The maximum atomic E-state index is 13.1. The average molecular weight is 328 g/mol. The van der Waals surface area contributed by atoms with Crippen LogP contribution in [0.3, 0.4) is 0 Å². The van der Waals surface area contributed by atoms with E-state index in [0.29, 0.717) is 6.42 Å². The first kappa shape index (κ1) is 17.0. The summed E-state index contributed by atoms with van der Waals surface area (Å²) in [4.78, 5) is 26.7. The first-order valence-electron chi connectivity index (χ1n) is 9.05. The molecule has 2 amide bonds. The zero-order valence-corrected chi connectivity index (χ0v) is 14.8. The van der Waals surface area contributed by atoms with Crippen LogP contribution in [0.5, 0.6) is 0 Å². The molecule has 4 heteroatoms. The van der Waals surface area contributed by atoms with Gasteiger partial charge in [0.2, 0.25) is 11.8 Å². The summed E-state index contributed by atoms with van der Waals surface area (Å²) < 4.78 is 0. The van der Waals surface area contributed by atoms with E-state index in [1.807, 2.05) is 49.1 Å². The number of nitrogens with zero attached hydrogens (tertiary/aromatic N) is 1. The quantitative estimate of drug-likeness (QED) is 0.907. The Hall–Kier alpha value is -1.84. The standard InChI is InChI=1S/C20H28N2O2/c1-19(2,16-6-4-3-5-7-16)18(24)22-14-11-20(12-15-22)9-8-17(23)21-13-10-20/h3-7H,8-15H2,1-2H3,(H,21,23). The molecule has 0 saturated carbocycles. The van der Waals surface area contributed by atoms with Gasteiger partial charge in [0.05, 0.1) is 5.41 Å². The molecular formula is C20H28N2O2. The van der Waals surface area contributed by atoms with Crippen LogP contribution in [0.4, 0.5) is 0 Å². The first-order valence-corrected chi connectivity index (χ1v) is 9.05. The zero-order valence-electron chi connectivity index (χ0n) is 14.8. The highest BCUT2D eigenvalue weighted by atomic mass is 16.2. The van der Waals surface area contributed by atoms with Gasteiger partial charge in [-0.25, -0.2) is 0 Å². The van der Waals surface area contributed by atoms with E-state index in [0.717, 1.165) is 50.9 Å². The summed E-state index contributed by atoms with van der Waals surface area (Å²) >= 11 is 0. The molecule has 2 fully saturated rings. The van der Waals surface area contributed by atoms with Gasteiger partial charge in [0.15, 0.2) is 0 Å². The molecule has 1 N–H and O–H groups in total. The van der Waals surface area contributed by atoms with Crippen LogP contribution in [0, 0.1) is 5.41 Å². The highest BCUT2D eigenvalue weighted by Crippen LogP contribution is 2.41. The Morgan fingerprint density at radius 1 is 1.08 bits per heavy atom. The van der Waals surface area contributed by atoms with E-state index >= 15 is 0 Å². The van der Waals surface area contributed by atoms with Gasteiger partial charge in [-0.3, -0.25) is 9.59 Å². The molecule has 2 aliphatic heterocycles. The number of nitrogens with one attached hydrogen (secondary N) is 1. The minimum absolute atomic E-state index is 0.176. The molecule has 1 aromatic carbocycles. The predicted molar refractivity (Wildman–Crippen MR) is 94.6 cm³/mol. The van der Waals surface area contributed by atoms with Crippen LogP contribution in [-0.2, 0) is 15.0 Å². The lowest BCUT2D eigenvalue weighted by Crippen LogP contribution is -2.49. The summed E-state index contributed by atoms with van der Waals surface area (Å²) in [5, 5.41) is 2.98. The number of amides is 2. The minimum Gasteiger partial charge on any atom is -0.356 e. The lowest BCUT2D eigenvalue weighted by Gasteiger charge is -2.43. The maximum Gasteiger partial charge on any atom is 0.232 e. The van der Waals surface area contributed by atoms with Gasteiger partial charge in [-0.2, -0.15) is 0 Å². The fraction of sp³-hybridized carbons (Fsp3) is 0.600. The summed E-state index contributed by atoms with van der Waals surface area (Å²) in [6.07, 6.45) is 4.66. The third kappa shape index (κ3) is 3.33. The summed E-state index contributed by atoms with van der Waals surface area (Å²) in [6.45, 7) is 6.43. The Bertz CT molecular complexity index is 601. The van der Waals surface area contributed by atoms with Gasteiger partial charge < -0.3 is 10.2 Å². The van der Waals surface area contributed by atoms with Crippen molar-refractivity contribution in [2.24, 2.45) is 5.41 Å². The monoisotopic (exact) mass is 328 g/mol. The Balaban J connectivity index is 1.66. The van der Waals surface area contributed by atoms with Crippen molar-refractivity contribution in [3.63, 3.8) is 0 Å². The summed E-state index contributed by atoms with van der Waals surface area (Å²) in [6, 6.07) is 10.0. The SMILES string of the molecule is CC(C)(C(=O)N1CCC2(CCNC(=O)CC2)CC1)c1ccccc1. The fourth-order valence-corrected chi connectivity index (χ4v) is 4.12. The number of hydrogen-bond acceptors (Lipinski definition) is 2. The van der Waals surface area contributed by atoms with Crippen LogP contribution in [-0.4, -0.2) is 36.3 Å². The van der Waals surface area contributed by atoms with E-state index < -0.39 is 5.41 Å². The molecular weight excluding hydrogens is 300 g/mol. The number of rotatable bonds is 2. The highest BCUT2D eigenvalue weighted by Gasteiger charge is 2.40. The van der Waals surface area contributed by atoms with Gasteiger partial charge in [0.1, 0.15) is 0 Å². The van der Waals surface area contributed by atoms with Crippen molar-refractivity contribution in [1.82, 2.24) is 10.2 Å². The normalized spacial score (nSPS) is 21.2. The molecule has 2 heterocycles. The van der Waals surface area contributed by atoms with E-state index in [4.69, 9.17) is 0 Å². The molecule has 0 bridgehead atoms. The van der Waals surface area contributed by atoms with Crippen molar-refractivity contribution in [3.05, 3.63) is 35.9 Å². The smallest absolute Gasteiger partial charge is 0.232 e. The molecule has 0 aromatic heterocycles. The van der Waals surface area contributed by atoms with Crippen LogP contribution in [0.25, 0.3) is 0 Å². The van der Waals surface area contributed by atoms with E-state index in [1.165, 1.54) is 0 Å². The molecule has 1 aromatic rings. The fourth-order valence-electron chi connectivity index (χ4n) is 4.12. The van der Waals surface area contributed by atoms with Gasteiger partial charge in [-0.05, 0) is 50.5 Å². The summed E-state index contributed by atoms with van der Waals surface area (Å²) in [7, 11) is 0. The number of likely N-dealkylation sites (tertiary alicyclic amines) is 1. The lowest BCUT2D eigenvalue weighted by molar-refractivity contribution is -0.139. The summed E-state index contributed by atoms with van der Waals surface area (Å²) in [5.41, 5.74) is 0.819. The second-order valence-electron chi connectivity index (χ2n) is 7.88. The molecule has 24 heavy (non-hydrogen) atoms. The second kappa shape index (κ2) is 6.58. The topological polar surface area (TPSA) is 49.4 Å². The first-order chi connectivity index (χ1) is 11.4. The van der Waals surface area contributed by atoms with Crippen LogP contribution in [0.15, 0.2) is 30.3 Å². The van der Waals surface area contributed by atoms with Gasteiger partial charge in [0.25, 0.3) is 0 Å². The van der Waals surface area contributed by atoms with Crippen molar-refractivity contribution >= 4 is 11.8 Å². The molecule has 4 nitrogen and oxygen atoms in total. The molecule has 0 aliphatic carbocycles. The second-order valence-corrected chi connectivity index (χ2v) is 7.88. The third-order valence-electron chi connectivity index (χ3n) is 6.00. The van der Waals surface area contributed by atoms with E-state index in [2.05, 4.69) is 5.32 Å². The van der Waals surface area contributed by atoms with Crippen LogP contribution in [0.2, 0.25) is 0 Å². The van der Waals surface area contributed by atoms with Crippen LogP contribution >= 0.6 is 0 Å². The highest BCUT2D eigenvalue weighted by molar-refractivity contribution is 5.87. The zero-order chi connectivity index (χ0) is 17.2. The minimum atomic E-state index is -0.493. The summed E-state index contributed by atoms with van der Waals surface area (Å²) in [5.74, 6) is 0.391. The Morgan fingerprint density at radius 3 is 2.42 bits per heavy atom. The van der Waals surface area contributed by atoms with Crippen molar-refractivity contribution in [3.8, 4) is 0 Å². The number of carbonyl (C=O) groups excluding carboxylic acids is 2. The molecule has 0 radical (unpaired) electrons. The van der Waals surface area contributed by atoms with Crippen molar-refractivity contribution in [2.75, 3.05) is 19.6 Å². The molecule has 0 unspecified atom stereocenters. The molecule has 0 atom stereocenters. The van der Waals surface area contributed by atoms with Crippen molar-refractivity contribution < 1.29 is 9.59 Å². The Kier molecular flexibility index (Phi) is 4.66. The Morgan fingerprint density at radius 2 is 1.75 bits per heavy atom. The van der Waals surface area contributed by atoms with E-state index in [-0.39, 0.29) is 17.2 Å². The Labute approximate surface area is 144 Å². The van der Waals surface area contributed by atoms with E-state index in [1.54, 1.807) is 0 Å². The number of piperidine rings is 1. The molecule has 2 saturated heterocycles. The van der Waals surface area contributed by atoms with Crippen LogP contribution < -0.4 is 5.32 Å². The van der Waals surface area contributed by atoms with E-state index in [9.17, 15) is 9.59 Å². The van der Waals surface area contributed by atoms with Crippen LogP contribution in [0.1, 0.15) is 51.5 Å². The number of carbonyl (C=O) groups is 2. The van der Waals surface area contributed by atoms with Gasteiger partial charge >= 0.3 is 0 Å². The molecule has 2 aliphatic rings. The third-order valence-corrected chi connectivity index (χ3v) is 6.00. The molecule has 1 spiro atoms. The van der Waals surface area contributed by atoms with Gasteiger partial charge in [-0.15, -0.1) is 0 Å². The molecule has 3 rings (SSSR count). The lowest BCUT2D eigenvalue weighted by atomic mass is 9.72. The molecule has 130 valence electrons. The average Bonchev–Trinajstić information content (AvgIpc) is 2.78. The van der Waals surface area contributed by atoms with Crippen molar-refractivity contribution in [2.45, 2.75) is 51.4 Å². The van der Waals surface area contributed by atoms with Crippen molar-refractivity contribution in [1.29, 1.82) is 0 Å². The van der Waals surface area contributed by atoms with Gasteiger partial charge in [0, 0.05) is 26.1 Å². The number of hydrogen-bond donors (Lipinski definition) is 1.